The standard InChI is InChI=1S/C16H14BrClOS2/c17-11-5-9-1-3-19-16(9)12(7-11)15(18)14-6-10-8-20-4-2-13(10)21-14/h5-7,15H,1-4,8H2. The van der Waals surface area contributed by atoms with Gasteiger partial charge in [-0.05, 0) is 41.5 Å². The first-order chi connectivity index (χ1) is 10.2. The fourth-order valence-electron chi connectivity index (χ4n) is 2.93. The van der Waals surface area contributed by atoms with Crippen LogP contribution in [-0.4, -0.2) is 12.4 Å². The Balaban J connectivity index is 1.75. The van der Waals surface area contributed by atoms with Crippen LogP contribution in [0.4, 0.5) is 0 Å². The summed E-state index contributed by atoms with van der Waals surface area (Å²) in [5, 5.41) is -0.116. The van der Waals surface area contributed by atoms with Crippen molar-refractivity contribution in [1.29, 1.82) is 0 Å². The molecule has 5 heteroatoms. The van der Waals surface area contributed by atoms with E-state index < -0.39 is 0 Å². The quantitative estimate of drug-likeness (QED) is 0.609. The minimum absolute atomic E-state index is 0.116. The molecule has 0 N–H and O–H groups in total. The van der Waals surface area contributed by atoms with E-state index in [0.29, 0.717) is 0 Å². The van der Waals surface area contributed by atoms with Crippen molar-refractivity contribution in [3.05, 3.63) is 49.1 Å². The summed E-state index contributed by atoms with van der Waals surface area (Å²) in [6.45, 7) is 0.764. The third-order valence-electron chi connectivity index (χ3n) is 3.95. The summed E-state index contributed by atoms with van der Waals surface area (Å²) in [6, 6.07) is 6.55. The predicted octanol–water partition coefficient (Wildman–Crippen LogP) is 5.56. The minimum atomic E-state index is -0.116. The highest BCUT2D eigenvalue weighted by atomic mass is 79.9. The number of thioether (sulfide) groups is 1. The van der Waals surface area contributed by atoms with Gasteiger partial charge in [0.25, 0.3) is 0 Å². The Labute approximate surface area is 146 Å². The Kier molecular flexibility index (Phi) is 3.99. The molecule has 4 rings (SSSR count). The first-order valence-corrected chi connectivity index (χ1v) is 10.2. The van der Waals surface area contributed by atoms with E-state index in [2.05, 4.69) is 34.1 Å². The number of fused-ring (bicyclic) bond motifs is 2. The number of hydrogen-bond acceptors (Lipinski definition) is 3. The third-order valence-corrected chi connectivity index (χ3v) is 7.31. The molecule has 0 spiro atoms. The van der Waals surface area contributed by atoms with Crippen LogP contribution in [0.2, 0.25) is 0 Å². The van der Waals surface area contributed by atoms with E-state index in [1.165, 1.54) is 33.1 Å². The molecule has 0 bridgehead atoms. The fourth-order valence-corrected chi connectivity index (χ4v) is 6.19. The van der Waals surface area contributed by atoms with Crippen LogP contribution < -0.4 is 4.74 Å². The van der Waals surface area contributed by atoms with Crippen LogP contribution >= 0.6 is 50.6 Å². The molecular formula is C16H14BrClOS2. The number of hydrogen-bond donors (Lipinski definition) is 0. The first kappa shape index (κ1) is 14.4. The summed E-state index contributed by atoms with van der Waals surface area (Å²) in [5.74, 6) is 3.36. The van der Waals surface area contributed by atoms with Crippen molar-refractivity contribution >= 4 is 50.6 Å². The van der Waals surface area contributed by atoms with Gasteiger partial charge in [-0.1, -0.05) is 15.9 Å². The monoisotopic (exact) mass is 400 g/mol. The zero-order valence-corrected chi connectivity index (χ0v) is 15.3. The molecule has 0 radical (unpaired) electrons. The Morgan fingerprint density at radius 1 is 1.19 bits per heavy atom. The van der Waals surface area contributed by atoms with E-state index in [-0.39, 0.29) is 5.38 Å². The Morgan fingerprint density at radius 3 is 2.95 bits per heavy atom. The number of alkyl halides is 1. The van der Waals surface area contributed by atoms with E-state index in [0.717, 1.165) is 34.6 Å². The number of aryl methyl sites for hydroxylation is 1. The van der Waals surface area contributed by atoms with Gasteiger partial charge in [0.05, 0.1) is 12.0 Å². The van der Waals surface area contributed by atoms with E-state index in [1.54, 1.807) is 0 Å². The SMILES string of the molecule is ClC(c1cc2c(s1)CCSC2)c1cc(Br)cc2c1OCC2. The highest BCUT2D eigenvalue weighted by Gasteiger charge is 2.25. The zero-order valence-electron chi connectivity index (χ0n) is 11.3. The summed E-state index contributed by atoms with van der Waals surface area (Å²) in [4.78, 5) is 2.77. The number of thiophene rings is 1. The average molecular weight is 402 g/mol. The average Bonchev–Trinajstić information content (AvgIpc) is 3.11. The second-order valence-electron chi connectivity index (χ2n) is 5.34. The van der Waals surface area contributed by atoms with Gasteiger partial charge in [-0.3, -0.25) is 0 Å². The van der Waals surface area contributed by atoms with Crippen molar-refractivity contribution in [3.63, 3.8) is 0 Å². The van der Waals surface area contributed by atoms with Gasteiger partial charge in [0.15, 0.2) is 0 Å². The molecule has 0 aliphatic carbocycles. The fraction of sp³-hybridized carbons (Fsp3) is 0.375. The van der Waals surface area contributed by atoms with Gasteiger partial charge >= 0.3 is 0 Å². The number of ether oxygens (including phenoxy) is 1. The van der Waals surface area contributed by atoms with Gasteiger partial charge in [0.2, 0.25) is 0 Å². The molecule has 2 aromatic rings. The Bertz CT molecular complexity index is 674. The van der Waals surface area contributed by atoms with Crippen LogP contribution in [0.3, 0.4) is 0 Å². The van der Waals surface area contributed by atoms with Crippen molar-refractivity contribution in [3.8, 4) is 5.75 Å². The number of benzene rings is 1. The molecule has 2 aliphatic rings. The van der Waals surface area contributed by atoms with E-state index >= 15 is 0 Å². The van der Waals surface area contributed by atoms with Crippen LogP contribution in [0.25, 0.3) is 0 Å². The van der Waals surface area contributed by atoms with Crippen LogP contribution in [0.5, 0.6) is 5.75 Å². The smallest absolute Gasteiger partial charge is 0.127 e. The predicted molar refractivity (Wildman–Crippen MR) is 95.2 cm³/mol. The number of halogens is 2. The molecule has 0 amide bonds. The van der Waals surface area contributed by atoms with Gasteiger partial charge in [-0.25, -0.2) is 0 Å². The minimum Gasteiger partial charge on any atom is -0.493 e. The first-order valence-electron chi connectivity index (χ1n) is 7.01. The molecule has 0 fully saturated rings. The molecular weight excluding hydrogens is 388 g/mol. The highest BCUT2D eigenvalue weighted by molar-refractivity contribution is 9.10. The van der Waals surface area contributed by atoms with Crippen molar-refractivity contribution in [2.24, 2.45) is 0 Å². The second-order valence-corrected chi connectivity index (χ2v) is 8.97. The maximum Gasteiger partial charge on any atom is 0.127 e. The summed E-state index contributed by atoms with van der Waals surface area (Å²) in [5.41, 5.74) is 3.84. The van der Waals surface area contributed by atoms with Crippen molar-refractivity contribution in [2.45, 2.75) is 24.0 Å². The van der Waals surface area contributed by atoms with Gasteiger partial charge < -0.3 is 4.74 Å². The van der Waals surface area contributed by atoms with Crippen LogP contribution in [0.15, 0.2) is 22.7 Å². The normalized spacial score (nSPS) is 18.0. The van der Waals surface area contributed by atoms with E-state index in [1.807, 2.05) is 23.1 Å². The van der Waals surface area contributed by atoms with Gasteiger partial charge in [0, 0.05) is 32.0 Å². The Hall–Kier alpha value is -0.160. The summed E-state index contributed by atoms with van der Waals surface area (Å²) < 4.78 is 6.91. The van der Waals surface area contributed by atoms with Crippen LogP contribution in [0, 0.1) is 0 Å². The lowest BCUT2D eigenvalue weighted by atomic mass is 10.0. The molecule has 2 aliphatic heterocycles. The molecule has 0 saturated carbocycles. The molecule has 1 aromatic heterocycles. The van der Waals surface area contributed by atoms with Gasteiger partial charge in [0.1, 0.15) is 5.75 Å². The summed E-state index contributed by atoms with van der Waals surface area (Å²) >= 11 is 14.3. The van der Waals surface area contributed by atoms with Crippen molar-refractivity contribution in [1.82, 2.24) is 0 Å². The second kappa shape index (κ2) is 5.80. The topological polar surface area (TPSA) is 9.23 Å². The molecule has 0 saturated heterocycles. The molecule has 1 atom stereocenters. The van der Waals surface area contributed by atoms with Gasteiger partial charge in [-0.15, -0.1) is 22.9 Å². The summed E-state index contributed by atoms with van der Waals surface area (Å²) in [6.07, 6.45) is 2.16. The molecule has 1 unspecified atom stereocenters. The maximum atomic E-state index is 6.81. The van der Waals surface area contributed by atoms with Gasteiger partial charge in [-0.2, -0.15) is 11.8 Å². The summed E-state index contributed by atoms with van der Waals surface area (Å²) in [7, 11) is 0. The van der Waals surface area contributed by atoms with Crippen LogP contribution in [0.1, 0.15) is 31.8 Å². The lowest BCUT2D eigenvalue weighted by Crippen LogP contribution is -1.96. The number of rotatable bonds is 2. The largest absolute Gasteiger partial charge is 0.493 e. The van der Waals surface area contributed by atoms with E-state index in [9.17, 15) is 0 Å². The van der Waals surface area contributed by atoms with E-state index in [4.69, 9.17) is 16.3 Å². The Morgan fingerprint density at radius 2 is 2.10 bits per heavy atom. The molecule has 1 aromatic carbocycles. The molecule has 3 heterocycles. The van der Waals surface area contributed by atoms with Crippen LogP contribution in [-0.2, 0) is 18.6 Å². The molecule has 110 valence electrons. The highest BCUT2D eigenvalue weighted by Crippen LogP contribution is 2.45. The van der Waals surface area contributed by atoms with Crippen molar-refractivity contribution in [2.75, 3.05) is 12.4 Å². The zero-order chi connectivity index (χ0) is 14.4. The maximum absolute atomic E-state index is 6.81. The lowest BCUT2D eigenvalue weighted by molar-refractivity contribution is 0.353. The molecule has 1 nitrogen and oxygen atoms in total. The third kappa shape index (κ3) is 2.65. The molecule has 21 heavy (non-hydrogen) atoms. The van der Waals surface area contributed by atoms with Crippen molar-refractivity contribution < 1.29 is 4.74 Å². The lowest BCUT2D eigenvalue weighted by Gasteiger charge is -2.13.